The Kier molecular flexibility index (Phi) is 4.33. The number of benzene rings is 1. The third-order valence-electron chi connectivity index (χ3n) is 1.94. The number of hydrogen-bond donors (Lipinski definition) is 2. The molecular weight excluding hydrogens is 319 g/mol. The number of nitrogens with one attached hydrogen (secondary N) is 1. The van der Waals surface area contributed by atoms with E-state index in [1.165, 1.54) is 18.2 Å². The number of amides is 1. The van der Waals surface area contributed by atoms with Crippen molar-refractivity contribution in [1.82, 2.24) is 0 Å². The first kappa shape index (κ1) is 14.5. The molecule has 0 unspecified atom stereocenters. The van der Waals surface area contributed by atoms with Crippen molar-refractivity contribution in [2.24, 2.45) is 0 Å². The van der Waals surface area contributed by atoms with Crippen LogP contribution in [0.15, 0.2) is 22.7 Å². The van der Waals surface area contributed by atoms with Gasteiger partial charge in [-0.05, 0) is 27.6 Å². The van der Waals surface area contributed by atoms with Crippen molar-refractivity contribution in [3.63, 3.8) is 0 Å². The van der Waals surface area contributed by atoms with Gasteiger partial charge in [0.15, 0.2) is 0 Å². The Morgan fingerprint density at radius 2 is 1.94 bits per heavy atom. The van der Waals surface area contributed by atoms with E-state index in [4.69, 9.17) is 5.11 Å². The van der Waals surface area contributed by atoms with Crippen molar-refractivity contribution in [2.75, 3.05) is 5.32 Å². The third kappa shape index (κ3) is 3.73. The van der Waals surface area contributed by atoms with E-state index in [2.05, 4.69) is 15.9 Å². The molecule has 1 aromatic carbocycles. The van der Waals surface area contributed by atoms with E-state index in [1.54, 1.807) is 5.32 Å². The zero-order valence-electron chi connectivity index (χ0n) is 8.71. The number of hydrogen-bond acceptors (Lipinski definition) is 2. The average Bonchev–Trinajstić information content (AvgIpc) is 2.20. The van der Waals surface area contributed by atoms with Gasteiger partial charge in [0.25, 0.3) is 0 Å². The Morgan fingerprint density at radius 3 is 2.44 bits per heavy atom. The molecule has 1 aromatic rings. The second-order valence-electron chi connectivity index (χ2n) is 3.30. The van der Waals surface area contributed by atoms with Crippen LogP contribution >= 0.6 is 15.9 Å². The first-order valence-corrected chi connectivity index (χ1v) is 5.38. The van der Waals surface area contributed by atoms with Crippen molar-refractivity contribution in [2.45, 2.75) is 12.6 Å². The third-order valence-corrected chi connectivity index (χ3v) is 2.60. The van der Waals surface area contributed by atoms with Crippen LogP contribution in [0, 0.1) is 0 Å². The van der Waals surface area contributed by atoms with E-state index in [0.717, 1.165) is 0 Å². The molecule has 1 rings (SSSR count). The summed E-state index contributed by atoms with van der Waals surface area (Å²) in [6.45, 7) is 0. The number of alkyl halides is 3. The van der Waals surface area contributed by atoms with Crippen LogP contribution in [-0.4, -0.2) is 23.2 Å². The zero-order valence-corrected chi connectivity index (χ0v) is 10.3. The fourth-order valence-electron chi connectivity index (χ4n) is 1.20. The molecule has 0 bridgehead atoms. The summed E-state index contributed by atoms with van der Waals surface area (Å²) in [6, 6.07) is 4.19. The van der Waals surface area contributed by atoms with Crippen LogP contribution in [0.2, 0.25) is 0 Å². The van der Waals surface area contributed by atoms with Crippen LogP contribution in [0.3, 0.4) is 0 Å². The molecule has 0 aliphatic rings. The van der Waals surface area contributed by atoms with E-state index < -0.39 is 24.5 Å². The van der Waals surface area contributed by atoms with Crippen LogP contribution < -0.4 is 5.32 Å². The van der Waals surface area contributed by atoms with Gasteiger partial charge >= 0.3 is 18.1 Å². The van der Waals surface area contributed by atoms with Gasteiger partial charge in [-0.1, -0.05) is 12.1 Å². The number of carboxylic acids is 1. The molecule has 0 aliphatic carbocycles. The highest BCUT2D eigenvalue weighted by Gasteiger charge is 2.39. The zero-order chi connectivity index (χ0) is 13.9. The molecule has 0 aromatic heterocycles. The Morgan fingerprint density at radius 1 is 1.33 bits per heavy atom. The topological polar surface area (TPSA) is 66.4 Å². The van der Waals surface area contributed by atoms with Crippen LogP contribution in [0.1, 0.15) is 5.56 Å². The number of para-hydroxylation sites is 1. The highest BCUT2D eigenvalue weighted by molar-refractivity contribution is 9.10. The van der Waals surface area contributed by atoms with Gasteiger partial charge in [-0.3, -0.25) is 9.59 Å². The SMILES string of the molecule is O=C(O)Cc1cccc(Br)c1NC(=O)C(F)(F)F. The van der Waals surface area contributed by atoms with Gasteiger partial charge in [0.05, 0.1) is 12.1 Å². The predicted octanol–water partition coefficient (Wildman–Crippen LogP) is 2.58. The highest BCUT2D eigenvalue weighted by atomic mass is 79.9. The van der Waals surface area contributed by atoms with Gasteiger partial charge in [-0.25, -0.2) is 0 Å². The van der Waals surface area contributed by atoms with E-state index in [1.807, 2.05) is 0 Å². The number of carbonyl (C=O) groups excluding carboxylic acids is 1. The van der Waals surface area contributed by atoms with Gasteiger partial charge in [0, 0.05) is 4.47 Å². The smallest absolute Gasteiger partial charge is 0.471 e. The van der Waals surface area contributed by atoms with Crippen molar-refractivity contribution in [3.8, 4) is 0 Å². The van der Waals surface area contributed by atoms with Gasteiger partial charge in [-0.2, -0.15) is 13.2 Å². The van der Waals surface area contributed by atoms with Crippen molar-refractivity contribution in [1.29, 1.82) is 0 Å². The summed E-state index contributed by atoms with van der Waals surface area (Å²) >= 11 is 2.96. The molecule has 0 saturated carbocycles. The van der Waals surface area contributed by atoms with Crippen LogP contribution in [-0.2, 0) is 16.0 Å². The molecule has 0 atom stereocenters. The minimum atomic E-state index is -5.03. The molecule has 0 radical (unpaired) electrons. The lowest BCUT2D eigenvalue weighted by atomic mass is 10.1. The summed E-state index contributed by atoms with van der Waals surface area (Å²) in [4.78, 5) is 21.4. The standard InChI is InChI=1S/C10H7BrF3NO3/c11-6-3-1-2-5(4-7(16)17)8(6)15-9(18)10(12,13)14/h1-3H,4H2,(H,15,18)(H,16,17). The lowest BCUT2D eigenvalue weighted by Crippen LogP contribution is -2.30. The molecule has 0 saturated heterocycles. The van der Waals surface area contributed by atoms with Crippen molar-refractivity contribution < 1.29 is 27.9 Å². The van der Waals surface area contributed by atoms with Gasteiger partial charge in [-0.15, -0.1) is 0 Å². The van der Waals surface area contributed by atoms with E-state index in [9.17, 15) is 22.8 Å². The van der Waals surface area contributed by atoms with Gasteiger partial charge in [0.2, 0.25) is 0 Å². The molecule has 0 aliphatic heterocycles. The fourth-order valence-corrected chi connectivity index (χ4v) is 1.71. The molecule has 0 heterocycles. The molecule has 98 valence electrons. The maximum absolute atomic E-state index is 12.1. The molecule has 0 spiro atoms. The Labute approximate surface area is 108 Å². The summed E-state index contributed by atoms with van der Waals surface area (Å²) < 4.78 is 36.5. The molecular formula is C10H7BrF3NO3. The molecule has 1 amide bonds. The number of aliphatic carboxylic acids is 1. The summed E-state index contributed by atoms with van der Waals surface area (Å²) in [6.07, 6.45) is -5.53. The predicted molar refractivity (Wildman–Crippen MR) is 60.2 cm³/mol. The van der Waals surface area contributed by atoms with Crippen molar-refractivity contribution >= 4 is 33.5 Å². The Bertz CT molecular complexity index is 488. The molecule has 2 N–H and O–H groups in total. The van der Waals surface area contributed by atoms with Gasteiger partial charge in [0.1, 0.15) is 0 Å². The lowest BCUT2D eigenvalue weighted by molar-refractivity contribution is -0.167. The number of halogens is 4. The normalized spacial score (nSPS) is 11.1. The maximum Gasteiger partial charge on any atom is 0.471 e. The minimum absolute atomic E-state index is 0.0782. The Balaban J connectivity index is 3.07. The summed E-state index contributed by atoms with van der Waals surface area (Å²) in [7, 11) is 0. The Hall–Kier alpha value is -1.57. The minimum Gasteiger partial charge on any atom is -0.481 e. The highest BCUT2D eigenvalue weighted by Crippen LogP contribution is 2.29. The lowest BCUT2D eigenvalue weighted by Gasteiger charge is -2.13. The number of rotatable bonds is 3. The van der Waals surface area contributed by atoms with Gasteiger partial charge < -0.3 is 10.4 Å². The summed E-state index contributed by atoms with van der Waals surface area (Å²) in [5.74, 6) is -3.36. The van der Waals surface area contributed by atoms with Crippen molar-refractivity contribution in [3.05, 3.63) is 28.2 Å². The molecule has 0 fully saturated rings. The monoisotopic (exact) mass is 325 g/mol. The van der Waals surface area contributed by atoms with E-state index in [-0.39, 0.29) is 15.7 Å². The largest absolute Gasteiger partial charge is 0.481 e. The summed E-state index contributed by atoms with van der Waals surface area (Å²) in [5.41, 5.74) is -0.114. The first-order chi connectivity index (χ1) is 8.21. The molecule has 18 heavy (non-hydrogen) atoms. The number of carboxylic acid groups (broad SMARTS) is 1. The first-order valence-electron chi connectivity index (χ1n) is 4.59. The van der Waals surface area contributed by atoms with Crippen LogP contribution in [0.5, 0.6) is 0 Å². The van der Waals surface area contributed by atoms with E-state index >= 15 is 0 Å². The van der Waals surface area contributed by atoms with E-state index in [0.29, 0.717) is 0 Å². The van der Waals surface area contributed by atoms with Crippen LogP contribution in [0.4, 0.5) is 18.9 Å². The fraction of sp³-hybridized carbons (Fsp3) is 0.200. The average molecular weight is 326 g/mol. The molecule has 4 nitrogen and oxygen atoms in total. The second kappa shape index (κ2) is 5.38. The van der Waals surface area contributed by atoms with Crippen LogP contribution in [0.25, 0.3) is 0 Å². The quantitative estimate of drug-likeness (QED) is 0.897. The summed E-state index contributed by atoms with van der Waals surface area (Å²) in [5, 5.41) is 10.3. The maximum atomic E-state index is 12.1. The number of carbonyl (C=O) groups is 2. The molecule has 8 heteroatoms. The second-order valence-corrected chi connectivity index (χ2v) is 4.15. The number of anilines is 1.